The van der Waals surface area contributed by atoms with Crippen LogP contribution >= 0.6 is 31.9 Å². The number of benzene rings is 1. The summed E-state index contributed by atoms with van der Waals surface area (Å²) < 4.78 is 12.0. The molecule has 0 spiro atoms. The number of ether oxygens (including phenoxy) is 2. The van der Waals surface area contributed by atoms with Crippen LogP contribution in [0.4, 0.5) is 5.69 Å². The summed E-state index contributed by atoms with van der Waals surface area (Å²) in [6.45, 7) is 2.34. The third-order valence-electron chi connectivity index (χ3n) is 4.19. The fourth-order valence-corrected chi connectivity index (χ4v) is 3.91. The smallest absolute Gasteiger partial charge is 0.265 e. The zero-order valence-electron chi connectivity index (χ0n) is 11.6. The van der Waals surface area contributed by atoms with Crippen LogP contribution in [0.3, 0.4) is 0 Å². The summed E-state index contributed by atoms with van der Waals surface area (Å²) in [4.78, 5) is 14.2. The number of alkyl halides is 1. The highest BCUT2D eigenvalue weighted by Gasteiger charge is 2.37. The Balaban J connectivity index is 1.90. The zero-order valence-corrected chi connectivity index (χ0v) is 14.8. The van der Waals surface area contributed by atoms with Gasteiger partial charge in [-0.15, -0.1) is 0 Å². The number of anilines is 1. The van der Waals surface area contributed by atoms with Crippen LogP contribution in [0, 0.1) is 5.41 Å². The summed E-state index contributed by atoms with van der Waals surface area (Å²) in [5.41, 5.74) is 0.928. The van der Waals surface area contributed by atoms with Crippen molar-refractivity contribution in [2.45, 2.75) is 12.8 Å². The number of carbonyl (C=O) groups excluding carboxylic acids is 1. The molecule has 0 radical (unpaired) electrons. The normalized spacial score (nSPS) is 20.9. The summed E-state index contributed by atoms with van der Waals surface area (Å²) in [6, 6.07) is 5.79. The summed E-state index contributed by atoms with van der Waals surface area (Å²) in [5.74, 6) is 0.794. The molecule has 2 aliphatic heterocycles. The van der Waals surface area contributed by atoms with Crippen LogP contribution in [0.5, 0.6) is 5.75 Å². The fourth-order valence-electron chi connectivity index (χ4n) is 2.82. The van der Waals surface area contributed by atoms with Crippen LogP contribution in [0.2, 0.25) is 0 Å². The van der Waals surface area contributed by atoms with Crippen LogP contribution in [-0.2, 0) is 9.53 Å². The standard InChI is InChI=1S/C15H17Br2NO3/c16-9-15(3-5-20-6-4-15)10-18-12-7-11(17)1-2-13(12)21-8-14(18)19/h1-2,7H,3-6,8-10H2. The van der Waals surface area contributed by atoms with Gasteiger partial charge in [0.25, 0.3) is 5.91 Å². The van der Waals surface area contributed by atoms with Gasteiger partial charge < -0.3 is 14.4 Å². The minimum absolute atomic E-state index is 0.0208. The molecule has 1 aromatic rings. The second-order valence-corrected chi connectivity index (χ2v) is 7.10. The molecular weight excluding hydrogens is 402 g/mol. The van der Waals surface area contributed by atoms with E-state index in [9.17, 15) is 4.79 Å². The van der Waals surface area contributed by atoms with E-state index in [0.29, 0.717) is 6.54 Å². The van der Waals surface area contributed by atoms with Crippen molar-refractivity contribution in [2.24, 2.45) is 5.41 Å². The predicted octanol–water partition coefficient (Wildman–Crippen LogP) is 3.37. The van der Waals surface area contributed by atoms with Crippen molar-refractivity contribution < 1.29 is 14.3 Å². The predicted molar refractivity (Wildman–Crippen MR) is 88.3 cm³/mol. The molecule has 4 nitrogen and oxygen atoms in total. The highest BCUT2D eigenvalue weighted by atomic mass is 79.9. The lowest BCUT2D eigenvalue weighted by Gasteiger charge is -2.41. The Hall–Kier alpha value is -0.590. The van der Waals surface area contributed by atoms with Crippen LogP contribution in [0.1, 0.15) is 12.8 Å². The van der Waals surface area contributed by atoms with Gasteiger partial charge in [-0.3, -0.25) is 4.79 Å². The van der Waals surface area contributed by atoms with E-state index in [1.807, 2.05) is 23.1 Å². The van der Waals surface area contributed by atoms with Gasteiger partial charge in [0.1, 0.15) is 5.75 Å². The minimum atomic E-state index is 0.0208. The quantitative estimate of drug-likeness (QED) is 0.706. The van der Waals surface area contributed by atoms with Crippen LogP contribution in [0.25, 0.3) is 0 Å². The Morgan fingerprint density at radius 3 is 2.76 bits per heavy atom. The van der Waals surface area contributed by atoms with Gasteiger partial charge >= 0.3 is 0 Å². The first-order valence-corrected chi connectivity index (χ1v) is 8.91. The van der Waals surface area contributed by atoms with Gasteiger partial charge in [-0.2, -0.15) is 0 Å². The molecule has 0 aromatic heterocycles. The van der Waals surface area contributed by atoms with E-state index in [0.717, 1.165) is 47.3 Å². The van der Waals surface area contributed by atoms with E-state index in [2.05, 4.69) is 31.9 Å². The van der Waals surface area contributed by atoms with Crippen molar-refractivity contribution in [1.29, 1.82) is 0 Å². The molecule has 6 heteroatoms. The van der Waals surface area contributed by atoms with Crippen LogP contribution in [0.15, 0.2) is 22.7 Å². The molecule has 1 saturated heterocycles. The molecule has 3 rings (SSSR count). The second-order valence-electron chi connectivity index (χ2n) is 5.63. The van der Waals surface area contributed by atoms with Gasteiger partial charge in [0.2, 0.25) is 0 Å². The molecule has 2 heterocycles. The van der Waals surface area contributed by atoms with Gasteiger partial charge in [-0.05, 0) is 31.0 Å². The Morgan fingerprint density at radius 2 is 2.05 bits per heavy atom. The van der Waals surface area contributed by atoms with Gasteiger partial charge in [0.15, 0.2) is 6.61 Å². The monoisotopic (exact) mass is 417 g/mol. The molecule has 1 fully saturated rings. The molecule has 2 aliphatic rings. The first-order chi connectivity index (χ1) is 10.1. The second kappa shape index (κ2) is 6.26. The number of hydrogen-bond acceptors (Lipinski definition) is 3. The minimum Gasteiger partial charge on any atom is -0.482 e. The molecule has 0 aliphatic carbocycles. The molecule has 0 N–H and O–H groups in total. The summed E-state index contributed by atoms with van der Waals surface area (Å²) in [6.07, 6.45) is 1.93. The maximum absolute atomic E-state index is 12.3. The highest BCUT2D eigenvalue weighted by Crippen LogP contribution is 2.39. The number of nitrogens with zero attached hydrogens (tertiary/aromatic N) is 1. The lowest BCUT2D eigenvalue weighted by Crippen LogP contribution is -2.48. The molecule has 0 atom stereocenters. The molecule has 114 valence electrons. The van der Waals surface area contributed by atoms with Crippen LogP contribution in [-0.4, -0.2) is 37.6 Å². The van der Waals surface area contributed by atoms with Crippen LogP contribution < -0.4 is 9.64 Å². The number of carbonyl (C=O) groups is 1. The van der Waals surface area contributed by atoms with E-state index in [1.54, 1.807) is 0 Å². The van der Waals surface area contributed by atoms with E-state index in [-0.39, 0.29) is 17.9 Å². The average Bonchev–Trinajstić information content (AvgIpc) is 2.51. The van der Waals surface area contributed by atoms with Gasteiger partial charge in [-0.1, -0.05) is 31.9 Å². The SMILES string of the molecule is O=C1COc2ccc(Br)cc2N1CC1(CBr)CCOCC1. The number of fused-ring (bicyclic) bond motifs is 1. The maximum atomic E-state index is 12.3. The summed E-state index contributed by atoms with van der Waals surface area (Å²) in [5, 5.41) is 0.872. The zero-order chi connectivity index (χ0) is 14.9. The van der Waals surface area contributed by atoms with Gasteiger partial charge in [0, 0.05) is 35.0 Å². The summed E-state index contributed by atoms with van der Waals surface area (Å²) in [7, 11) is 0. The molecule has 0 bridgehead atoms. The van der Waals surface area contributed by atoms with E-state index in [1.165, 1.54) is 0 Å². The van der Waals surface area contributed by atoms with E-state index >= 15 is 0 Å². The molecule has 0 unspecified atom stereocenters. The third kappa shape index (κ3) is 3.12. The molecule has 1 amide bonds. The van der Waals surface area contributed by atoms with E-state index < -0.39 is 0 Å². The Kier molecular flexibility index (Phi) is 4.57. The highest BCUT2D eigenvalue weighted by molar-refractivity contribution is 9.10. The first-order valence-electron chi connectivity index (χ1n) is 7.00. The van der Waals surface area contributed by atoms with Crippen molar-refractivity contribution in [3.05, 3.63) is 22.7 Å². The number of amides is 1. The lowest BCUT2D eigenvalue weighted by atomic mass is 9.81. The van der Waals surface area contributed by atoms with Crippen molar-refractivity contribution >= 4 is 43.5 Å². The van der Waals surface area contributed by atoms with Crippen molar-refractivity contribution in [3.63, 3.8) is 0 Å². The average molecular weight is 419 g/mol. The van der Waals surface area contributed by atoms with Crippen molar-refractivity contribution in [3.8, 4) is 5.75 Å². The largest absolute Gasteiger partial charge is 0.482 e. The third-order valence-corrected chi connectivity index (χ3v) is 5.88. The summed E-state index contributed by atoms with van der Waals surface area (Å²) >= 11 is 7.11. The topological polar surface area (TPSA) is 38.8 Å². The number of halogens is 2. The van der Waals surface area contributed by atoms with Gasteiger partial charge in [0.05, 0.1) is 5.69 Å². The Bertz CT molecular complexity index is 544. The Morgan fingerprint density at radius 1 is 1.29 bits per heavy atom. The maximum Gasteiger partial charge on any atom is 0.265 e. The number of rotatable bonds is 3. The van der Waals surface area contributed by atoms with Crippen molar-refractivity contribution in [1.82, 2.24) is 0 Å². The number of hydrogen-bond donors (Lipinski definition) is 0. The molecule has 21 heavy (non-hydrogen) atoms. The molecule has 0 saturated carbocycles. The molecular formula is C15H17Br2NO3. The molecule has 1 aromatic carbocycles. The van der Waals surface area contributed by atoms with E-state index in [4.69, 9.17) is 9.47 Å². The lowest BCUT2D eigenvalue weighted by molar-refractivity contribution is -0.121. The Labute approximate surface area is 141 Å². The van der Waals surface area contributed by atoms with Gasteiger partial charge in [-0.25, -0.2) is 0 Å². The fraction of sp³-hybridized carbons (Fsp3) is 0.533. The first kappa shape index (κ1) is 15.3. The van der Waals surface area contributed by atoms with Crippen molar-refractivity contribution in [2.75, 3.05) is 36.6 Å².